The molecule has 1 aliphatic heterocycles. The third-order valence-electron chi connectivity index (χ3n) is 4.86. The summed E-state index contributed by atoms with van der Waals surface area (Å²) in [4.78, 5) is 24.0. The molecule has 1 N–H and O–H groups in total. The zero-order valence-electron chi connectivity index (χ0n) is 16.0. The summed E-state index contributed by atoms with van der Waals surface area (Å²) >= 11 is 0. The number of rotatable bonds is 2. The Balaban J connectivity index is 1.79. The Morgan fingerprint density at radius 2 is 1.96 bits per heavy atom. The van der Waals surface area contributed by atoms with Gasteiger partial charge in [-0.15, -0.1) is 0 Å². The van der Waals surface area contributed by atoms with E-state index < -0.39 is 5.41 Å². The van der Waals surface area contributed by atoms with Crippen molar-refractivity contribution in [3.05, 3.63) is 17.5 Å². The molecule has 6 nitrogen and oxygen atoms in total. The number of carbonyl (C=O) groups is 1. The summed E-state index contributed by atoms with van der Waals surface area (Å²) in [6.07, 6.45) is 5.21. The fourth-order valence-corrected chi connectivity index (χ4v) is 3.55. The van der Waals surface area contributed by atoms with Crippen LogP contribution >= 0.6 is 0 Å². The minimum atomic E-state index is -0.390. The third-order valence-corrected chi connectivity index (χ3v) is 4.86. The quantitative estimate of drug-likeness (QED) is 0.892. The van der Waals surface area contributed by atoms with Crippen molar-refractivity contribution in [1.29, 1.82) is 0 Å². The van der Waals surface area contributed by atoms with Gasteiger partial charge in [-0.25, -0.2) is 9.97 Å². The minimum Gasteiger partial charge on any atom is -0.372 e. The van der Waals surface area contributed by atoms with Crippen molar-refractivity contribution in [1.82, 2.24) is 15.3 Å². The normalized spacial score (nSPS) is 26.9. The van der Waals surface area contributed by atoms with E-state index in [-0.39, 0.29) is 24.2 Å². The van der Waals surface area contributed by atoms with Crippen molar-refractivity contribution in [2.24, 2.45) is 5.41 Å². The highest BCUT2D eigenvalue weighted by Crippen LogP contribution is 2.30. The molecule has 6 heteroatoms. The average Bonchev–Trinajstić information content (AvgIpc) is 2.52. The Kier molecular flexibility index (Phi) is 5.00. The summed E-state index contributed by atoms with van der Waals surface area (Å²) in [5, 5.41) is 3.18. The second-order valence-electron chi connectivity index (χ2n) is 8.40. The largest absolute Gasteiger partial charge is 0.372 e. The third kappa shape index (κ3) is 4.11. The number of fused-ring (bicyclic) bond motifs is 1. The fourth-order valence-electron chi connectivity index (χ4n) is 3.55. The van der Waals surface area contributed by atoms with Gasteiger partial charge >= 0.3 is 0 Å². The summed E-state index contributed by atoms with van der Waals surface area (Å²) in [7, 11) is 0. The molecule has 0 radical (unpaired) electrons. The number of aryl methyl sites for hydroxylation is 1. The Morgan fingerprint density at radius 3 is 2.60 bits per heavy atom. The average molecular weight is 346 g/mol. The van der Waals surface area contributed by atoms with Gasteiger partial charge in [0.1, 0.15) is 0 Å². The lowest BCUT2D eigenvalue weighted by Crippen LogP contribution is -2.46. The molecule has 138 valence electrons. The highest BCUT2D eigenvalue weighted by atomic mass is 16.5. The molecular formula is C19H30N4O2. The second kappa shape index (κ2) is 6.90. The summed E-state index contributed by atoms with van der Waals surface area (Å²) in [5.41, 5.74) is 1.75. The molecule has 0 aromatic carbocycles. The molecule has 3 rings (SSSR count). The second-order valence-corrected chi connectivity index (χ2v) is 8.40. The molecule has 0 unspecified atom stereocenters. The number of hydrogen-bond acceptors (Lipinski definition) is 5. The van der Waals surface area contributed by atoms with Crippen molar-refractivity contribution in [3.8, 4) is 0 Å². The highest BCUT2D eigenvalue weighted by molar-refractivity contribution is 5.81. The Morgan fingerprint density at radius 1 is 1.28 bits per heavy atom. The van der Waals surface area contributed by atoms with E-state index in [2.05, 4.69) is 29.0 Å². The lowest BCUT2D eigenvalue weighted by molar-refractivity contribution is -0.129. The number of carbonyl (C=O) groups excluding carboxylic acids is 1. The van der Waals surface area contributed by atoms with Crippen molar-refractivity contribution in [3.63, 3.8) is 0 Å². The SMILES string of the molecule is C[C@@H]1CN(c2ncc3c(n2)CCC[C@@H]3NC(=O)C(C)(C)C)C[C@H](C)O1. The van der Waals surface area contributed by atoms with E-state index in [4.69, 9.17) is 9.72 Å². The first kappa shape index (κ1) is 18.1. The monoisotopic (exact) mass is 346 g/mol. The topological polar surface area (TPSA) is 67.4 Å². The van der Waals surface area contributed by atoms with Crippen molar-refractivity contribution >= 4 is 11.9 Å². The fraction of sp³-hybridized carbons (Fsp3) is 0.737. The lowest BCUT2D eigenvalue weighted by atomic mass is 9.90. The molecule has 1 saturated heterocycles. The van der Waals surface area contributed by atoms with Crippen LogP contribution in [0.25, 0.3) is 0 Å². The number of amides is 1. The first-order chi connectivity index (χ1) is 11.7. The lowest BCUT2D eigenvalue weighted by Gasteiger charge is -2.36. The smallest absolute Gasteiger partial charge is 0.225 e. The van der Waals surface area contributed by atoms with E-state index in [9.17, 15) is 4.79 Å². The summed E-state index contributed by atoms with van der Waals surface area (Å²) in [6.45, 7) is 11.6. The minimum absolute atomic E-state index is 0.0204. The van der Waals surface area contributed by atoms with Gasteiger partial charge in [0.15, 0.2) is 0 Å². The van der Waals surface area contributed by atoms with E-state index >= 15 is 0 Å². The zero-order chi connectivity index (χ0) is 18.2. The Hall–Kier alpha value is -1.69. The van der Waals surface area contributed by atoms with Gasteiger partial charge in [-0.05, 0) is 33.1 Å². The summed E-state index contributed by atoms with van der Waals surface area (Å²) in [6, 6.07) is 0.0204. The summed E-state index contributed by atoms with van der Waals surface area (Å²) in [5.74, 6) is 0.855. The maximum absolute atomic E-state index is 12.4. The first-order valence-electron chi connectivity index (χ1n) is 9.31. The van der Waals surface area contributed by atoms with E-state index in [0.717, 1.165) is 49.6 Å². The molecule has 0 saturated carbocycles. The molecule has 2 heterocycles. The molecule has 0 bridgehead atoms. The molecule has 0 spiro atoms. The van der Waals surface area contributed by atoms with E-state index in [1.54, 1.807) is 0 Å². The summed E-state index contributed by atoms with van der Waals surface area (Å²) < 4.78 is 5.80. The Labute approximate surface area is 150 Å². The molecule has 1 aromatic rings. The molecule has 1 fully saturated rings. The number of hydrogen-bond donors (Lipinski definition) is 1. The molecule has 25 heavy (non-hydrogen) atoms. The van der Waals surface area contributed by atoms with Crippen LogP contribution < -0.4 is 10.2 Å². The molecule has 1 aliphatic carbocycles. The predicted molar refractivity (Wildman–Crippen MR) is 97.5 cm³/mol. The van der Waals surface area contributed by atoms with Gasteiger partial charge in [-0.3, -0.25) is 4.79 Å². The number of ether oxygens (including phenoxy) is 1. The molecule has 2 aliphatic rings. The van der Waals surface area contributed by atoms with Crippen LogP contribution in [0, 0.1) is 5.41 Å². The van der Waals surface area contributed by atoms with Gasteiger partial charge < -0.3 is 15.0 Å². The maximum atomic E-state index is 12.4. The highest BCUT2D eigenvalue weighted by Gasteiger charge is 2.30. The van der Waals surface area contributed by atoms with Crippen LogP contribution in [-0.2, 0) is 16.0 Å². The van der Waals surface area contributed by atoms with Crippen LogP contribution in [0.1, 0.15) is 64.8 Å². The van der Waals surface area contributed by atoms with Gasteiger partial charge in [0.25, 0.3) is 0 Å². The van der Waals surface area contributed by atoms with Crippen LogP contribution in [0.5, 0.6) is 0 Å². The zero-order valence-corrected chi connectivity index (χ0v) is 16.0. The molecule has 1 aromatic heterocycles. The molecule has 1 amide bonds. The van der Waals surface area contributed by atoms with Gasteiger partial charge in [0, 0.05) is 30.3 Å². The van der Waals surface area contributed by atoms with Crippen molar-refractivity contribution in [2.75, 3.05) is 18.0 Å². The van der Waals surface area contributed by atoms with Gasteiger partial charge in [-0.2, -0.15) is 0 Å². The van der Waals surface area contributed by atoms with Gasteiger partial charge in [0.2, 0.25) is 11.9 Å². The van der Waals surface area contributed by atoms with E-state index in [1.807, 2.05) is 27.0 Å². The number of anilines is 1. The standard InChI is InChI=1S/C19H30N4O2/c1-12-10-23(11-13(2)25-12)18-20-9-14-15(7-6-8-16(14)22-18)21-17(24)19(3,4)5/h9,12-13,15H,6-8,10-11H2,1-5H3,(H,21,24)/t12-,13+,15-/m0/s1. The van der Waals surface area contributed by atoms with Crippen molar-refractivity contribution in [2.45, 2.75) is 72.1 Å². The van der Waals surface area contributed by atoms with Gasteiger partial charge in [-0.1, -0.05) is 20.8 Å². The van der Waals surface area contributed by atoms with Gasteiger partial charge in [0.05, 0.1) is 23.9 Å². The Bertz CT molecular complexity index is 631. The predicted octanol–water partition coefficient (Wildman–Crippen LogP) is 2.63. The molecule has 3 atom stereocenters. The van der Waals surface area contributed by atoms with Crippen LogP contribution in [0.15, 0.2) is 6.20 Å². The number of morpholine rings is 1. The van der Waals surface area contributed by atoms with Crippen LogP contribution in [0.4, 0.5) is 5.95 Å². The first-order valence-corrected chi connectivity index (χ1v) is 9.31. The van der Waals surface area contributed by atoms with Crippen LogP contribution in [0.3, 0.4) is 0 Å². The van der Waals surface area contributed by atoms with Crippen LogP contribution in [-0.4, -0.2) is 41.2 Å². The number of nitrogens with zero attached hydrogens (tertiary/aromatic N) is 3. The maximum Gasteiger partial charge on any atom is 0.225 e. The van der Waals surface area contributed by atoms with E-state index in [1.165, 1.54) is 0 Å². The number of aromatic nitrogens is 2. The van der Waals surface area contributed by atoms with Crippen molar-refractivity contribution < 1.29 is 9.53 Å². The molecular weight excluding hydrogens is 316 g/mol. The number of nitrogens with one attached hydrogen (secondary N) is 1. The van der Waals surface area contributed by atoms with E-state index in [0.29, 0.717) is 0 Å². The van der Waals surface area contributed by atoms with Crippen LogP contribution in [0.2, 0.25) is 0 Å².